The molecule has 0 saturated heterocycles. The molecular weight excluding hydrogens is 364 g/mol. The summed E-state index contributed by atoms with van der Waals surface area (Å²) in [7, 11) is 0. The van der Waals surface area contributed by atoms with Crippen LogP contribution in [0.5, 0.6) is 5.75 Å². The number of benzene rings is 1. The van der Waals surface area contributed by atoms with Gasteiger partial charge < -0.3 is 10.1 Å². The number of rotatable bonds is 7. The van der Waals surface area contributed by atoms with Crippen LogP contribution in [0.25, 0.3) is 10.6 Å². The fraction of sp³-hybridized carbons (Fsp3) is 0.300. The minimum Gasteiger partial charge on any atom is -0.492 e. The van der Waals surface area contributed by atoms with E-state index in [0.29, 0.717) is 19.6 Å². The number of thiazole rings is 1. The SMILES string of the molecule is O=C(Cc1csc(-c2ccsc2)n1)NCCOc1ccc2c(c1)CCC2. The van der Waals surface area contributed by atoms with E-state index in [1.807, 2.05) is 22.9 Å². The summed E-state index contributed by atoms with van der Waals surface area (Å²) in [6.45, 7) is 0.971. The van der Waals surface area contributed by atoms with Gasteiger partial charge in [-0.1, -0.05) is 6.07 Å². The molecule has 2 heterocycles. The molecule has 0 saturated carbocycles. The van der Waals surface area contributed by atoms with Gasteiger partial charge in [0.15, 0.2) is 0 Å². The normalized spacial score (nSPS) is 12.8. The number of aromatic nitrogens is 1. The Labute approximate surface area is 160 Å². The predicted molar refractivity (Wildman–Crippen MR) is 106 cm³/mol. The molecule has 1 aliphatic carbocycles. The zero-order valence-corrected chi connectivity index (χ0v) is 16.0. The first-order chi connectivity index (χ1) is 12.8. The maximum Gasteiger partial charge on any atom is 0.226 e. The van der Waals surface area contributed by atoms with Crippen molar-refractivity contribution in [2.45, 2.75) is 25.7 Å². The molecule has 0 bridgehead atoms. The van der Waals surface area contributed by atoms with Crippen molar-refractivity contribution in [3.05, 3.63) is 57.2 Å². The molecule has 0 fully saturated rings. The van der Waals surface area contributed by atoms with Gasteiger partial charge in [-0.15, -0.1) is 11.3 Å². The number of amides is 1. The standard InChI is InChI=1S/C20H20N2O2S2/c23-19(11-17-13-26-20(22-17)16-6-9-25-12-16)21-7-8-24-18-5-4-14-2-1-3-15(14)10-18/h4-6,9-10,12-13H,1-3,7-8,11H2,(H,21,23). The van der Waals surface area contributed by atoms with Gasteiger partial charge in [0.1, 0.15) is 17.4 Å². The number of fused-ring (bicyclic) bond motifs is 1. The largest absolute Gasteiger partial charge is 0.492 e. The van der Waals surface area contributed by atoms with Crippen LogP contribution in [0.1, 0.15) is 23.2 Å². The Morgan fingerprint density at radius 2 is 2.12 bits per heavy atom. The van der Waals surface area contributed by atoms with Crippen LogP contribution in [0, 0.1) is 0 Å². The summed E-state index contributed by atoms with van der Waals surface area (Å²) >= 11 is 3.22. The van der Waals surface area contributed by atoms with Gasteiger partial charge in [0, 0.05) is 16.3 Å². The molecule has 4 nitrogen and oxygen atoms in total. The van der Waals surface area contributed by atoms with Gasteiger partial charge in [-0.2, -0.15) is 11.3 Å². The lowest BCUT2D eigenvalue weighted by Crippen LogP contribution is -2.29. The summed E-state index contributed by atoms with van der Waals surface area (Å²) in [6.07, 6.45) is 3.86. The van der Waals surface area contributed by atoms with E-state index in [0.717, 1.165) is 28.4 Å². The summed E-state index contributed by atoms with van der Waals surface area (Å²) in [5.74, 6) is 0.865. The number of hydrogen-bond donors (Lipinski definition) is 1. The monoisotopic (exact) mass is 384 g/mol. The Hall–Kier alpha value is -2.18. The van der Waals surface area contributed by atoms with E-state index in [4.69, 9.17) is 4.74 Å². The maximum atomic E-state index is 12.1. The van der Waals surface area contributed by atoms with Crippen LogP contribution in [0.2, 0.25) is 0 Å². The fourth-order valence-corrected chi connectivity index (χ4v) is 4.66. The van der Waals surface area contributed by atoms with Gasteiger partial charge in [0.25, 0.3) is 0 Å². The van der Waals surface area contributed by atoms with Crippen LogP contribution in [0.4, 0.5) is 0 Å². The van der Waals surface area contributed by atoms with E-state index in [-0.39, 0.29) is 5.91 Å². The molecule has 0 radical (unpaired) electrons. The molecule has 1 N–H and O–H groups in total. The third-order valence-corrected chi connectivity index (χ3v) is 6.05. The van der Waals surface area contributed by atoms with Crippen LogP contribution >= 0.6 is 22.7 Å². The fourth-order valence-electron chi connectivity index (χ4n) is 3.13. The Morgan fingerprint density at radius 1 is 1.19 bits per heavy atom. The molecule has 0 aliphatic heterocycles. The van der Waals surface area contributed by atoms with Crippen LogP contribution in [-0.2, 0) is 24.1 Å². The van der Waals surface area contributed by atoms with Crippen LogP contribution in [-0.4, -0.2) is 24.0 Å². The molecule has 134 valence electrons. The summed E-state index contributed by atoms with van der Waals surface area (Å²) in [5, 5.41) is 9.92. The highest BCUT2D eigenvalue weighted by Gasteiger charge is 2.12. The lowest BCUT2D eigenvalue weighted by atomic mass is 10.1. The van der Waals surface area contributed by atoms with E-state index in [9.17, 15) is 4.79 Å². The lowest BCUT2D eigenvalue weighted by Gasteiger charge is -2.09. The van der Waals surface area contributed by atoms with Gasteiger partial charge in [0.2, 0.25) is 5.91 Å². The van der Waals surface area contributed by atoms with Crippen molar-refractivity contribution in [2.75, 3.05) is 13.2 Å². The first kappa shape index (κ1) is 17.2. The molecule has 2 aromatic heterocycles. The molecule has 0 spiro atoms. The Bertz CT molecular complexity index is 887. The average Bonchev–Trinajstić information content (AvgIpc) is 3.38. The van der Waals surface area contributed by atoms with Crippen molar-refractivity contribution < 1.29 is 9.53 Å². The number of carbonyl (C=O) groups is 1. The Morgan fingerprint density at radius 3 is 3.00 bits per heavy atom. The maximum absolute atomic E-state index is 12.1. The number of nitrogens with zero attached hydrogens (tertiary/aromatic N) is 1. The first-order valence-corrected chi connectivity index (χ1v) is 10.6. The van der Waals surface area contributed by atoms with Gasteiger partial charge in [-0.25, -0.2) is 4.98 Å². The molecule has 4 rings (SSSR count). The summed E-state index contributed by atoms with van der Waals surface area (Å²) < 4.78 is 5.76. The van der Waals surface area contributed by atoms with Crippen LogP contribution < -0.4 is 10.1 Å². The van der Waals surface area contributed by atoms with Gasteiger partial charge in [0.05, 0.1) is 18.7 Å². The van der Waals surface area contributed by atoms with E-state index in [1.54, 1.807) is 22.7 Å². The smallest absolute Gasteiger partial charge is 0.226 e. The second kappa shape index (κ2) is 8.01. The molecule has 0 atom stereocenters. The Kier molecular flexibility index (Phi) is 5.32. The zero-order valence-electron chi connectivity index (χ0n) is 14.4. The highest BCUT2D eigenvalue weighted by atomic mass is 32.1. The van der Waals surface area contributed by atoms with E-state index < -0.39 is 0 Å². The molecule has 0 unspecified atom stereocenters. The highest BCUT2D eigenvalue weighted by Crippen LogP contribution is 2.26. The molecule has 26 heavy (non-hydrogen) atoms. The van der Waals surface area contributed by atoms with Crippen molar-refractivity contribution >= 4 is 28.6 Å². The zero-order chi connectivity index (χ0) is 17.8. The van der Waals surface area contributed by atoms with Gasteiger partial charge in [-0.05, 0) is 54.0 Å². The predicted octanol–water partition coefficient (Wildman–Crippen LogP) is 4.10. The van der Waals surface area contributed by atoms with Crippen molar-refractivity contribution in [3.8, 4) is 16.3 Å². The average molecular weight is 385 g/mol. The van der Waals surface area contributed by atoms with Crippen molar-refractivity contribution in [2.24, 2.45) is 0 Å². The third kappa shape index (κ3) is 4.14. The van der Waals surface area contributed by atoms with E-state index >= 15 is 0 Å². The molecular formula is C20H20N2O2S2. The molecule has 1 amide bonds. The molecule has 6 heteroatoms. The highest BCUT2D eigenvalue weighted by molar-refractivity contribution is 7.14. The molecule has 1 aliphatic rings. The lowest BCUT2D eigenvalue weighted by molar-refractivity contribution is -0.120. The van der Waals surface area contributed by atoms with Crippen molar-refractivity contribution in [3.63, 3.8) is 0 Å². The van der Waals surface area contributed by atoms with E-state index in [2.05, 4.69) is 27.8 Å². The first-order valence-electron chi connectivity index (χ1n) is 8.76. The van der Waals surface area contributed by atoms with Crippen molar-refractivity contribution in [1.29, 1.82) is 0 Å². The second-order valence-corrected chi connectivity index (χ2v) is 7.95. The number of carbonyl (C=O) groups excluding carboxylic acids is 1. The van der Waals surface area contributed by atoms with Gasteiger partial charge in [-0.3, -0.25) is 4.79 Å². The van der Waals surface area contributed by atoms with Gasteiger partial charge >= 0.3 is 0 Å². The molecule has 1 aromatic carbocycles. The number of hydrogen-bond acceptors (Lipinski definition) is 5. The minimum absolute atomic E-state index is 0.0234. The number of thiophene rings is 1. The van der Waals surface area contributed by atoms with Crippen LogP contribution in [0.15, 0.2) is 40.4 Å². The minimum atomic E-state index is -0.0234. The van der Waals surface area contributed by atoms with Crippen LogP contribution in [0.3, 0.4) is 0 Å². The topological polar surface area (TPSA) is 51.2 Å². The summed E-state index contributed by atoms with van der Waals surface area (Å²) in [4.78, 5) is 16.6. The second-order valence-electron chi connectivity index (χ2n) is 6.32. The number of aryl methyl sites for hydroxylation is 2. The quantitative estimate of drug-likeness (QED) is 0.624. The number of ether oxygens (including phenoxy) is 1. The Balaban J connectivity index is 1.21. The third-order valence-electron chi connectivity index (χ3n) is 4.42. The summed E-state index contributed by atoms with van der Waals surface area (Å²) in [6, 6.07) is 8.35. The van der Waals surface area contributed by atoms with E-state index in [1.165, 1.54) is 24.0 Å². The summed E-state index contributed by atoms with van der Waals surface area (Å²) in [5.41, 5.74) is 4.77. The van der Waals surface area contributed by atoms with Crippen molar-refractivity contribution in [1.82, 2.24) is 10.3 Å². The molecule has 3 aromatic rings. The number of nitrogens with one attached hydrogen (secondary N) is 1.